The monoisotopic (exact) mass is 809 g/mol. The first kappa shape index (κ1) is 49.6. The second-order valence-corrected chi connectivity index (χ2v) is 13.5. The molecular weight excluding hydrogens is 755 g/mol. The number of rotatable bonds is 25. The van der Waals surface area contributed by atoms with E-state index in [1.54, 1.807) is 13.8 Å². The molecule has 0 aliphatic carbocycles. The fourth-order valence-electron chi connectivity index (χ4n) is 4.54. The van der Waals surface area contributed by atoms with Crippen LogP contribution in [0, 0.1) is 5.92 Å². The van der Waals surface area contributed by atoms with E-state index in [0.29, 0.717) is 0 Å². The van der Waals surface area contributed by atoms with E-state index in [1.807, 2.05) is 0 Å². The number of nitrogens with one attached hydrogen (secondary N) is 6. The summed E-state index contributed by atoms with van der Waals surface area (Å²) >= 11 is 7.92. The highest BCUT2D eigenvalue weighted by atomic mass is 32.1. The van der Waals surface area contributed by atoms with Gasteiger partial charge in [-0.15, -0.1) is 0 Å². The molecule has 0 bridgehead atoms. The molecule has 0 heterocycles. The average Bonchev–Trinajstić information content (AvgIpc) is 3.06. The Labute approximate surface area is 323 Å². The Balaban J connectivity index is 6.19. The van der Waals surface area contributed by atoms with Gasteiger partial charge < -0.3 is 70.2 Å². The molecule has 0 aliphatic rings. The predicted octanol–water partition coefficient (Wildman–Crippen LogP) is -6.10. The van der Waals surface area contributed by atoms with Crippen molar-refractivity contribution in [2.45, 2.75) is 108 Å². The first-order chi connectivity index (χ1) is 25.0. The number of carbonyl (C=O) groups excluding carboxylic acids is 7. The maximum atomic E-state index is 13.4. The van der Waals surface area contributed by atoms with Gasteiger partial charge in [0.25, 0.3) is 0 Å². The zero-order chi connectivity index (χ0) is 41.9. The molecule has 0 aromatic rings. The number of carboxylic acid groups (broad SMARTS) is 1. The number of primary amides is 1. The second kappa shape index (κ2) is 24.8. The number of amides is 7. The minimum atomic E-state index is -1.94. The van der Waals surface area contributed by atoms with Gasteiger partial charge in [0.15, 0.2) is 5.96 Å². The van der Waals surface area contributed by atoms with Gasteiger partial charge >= 0.3 is 5.97 Å². The first-order valence-corrected chi connectivity index (χ1v) is 18.0. The summed E-state index contributed by atoms with van der Waals surface area (Å²) in [5.74, 6) is -9.22. The van der Waals surface area contributed by atoms with Crippen molar-refractivity contribution in [1.29, 1.82) is 0 Å². The topological polar surface area (TPSA) is 386 Å². The molecule has 0 aliphatic heterocycles. The number of aliphatic hydroxyl groups is 2. The fraction of sp³-hybridized carbons (Fsp3) is 0.700. The molecular formula is C30H55N11O11S2. The second-order valence-electron chi connectivity index (χ2n) is 12.7. The Morgan fingerprint density at radius 2 is 1.07 bits per heavy atom. The maximum absolute atomic E-state index is 13.4. The number of carboxylic acids is 1. The third-order valence-corrected chi connectivity index (χ3v) is 8.19. The number of aliphatic hydroxyl groups excluding tert-OH is 2. The summed E-state index contributed by atoms with van der Waals surface area (Å²) in [5, 5.41) is 44.0. The van der Waals surface area contributed by atoms with Crippen molar-refractivity contribution in [3.63, 3.8) is 0 Å². The molecule has 0 radical (unpaired) electrons. The van der Waals surface area contributed by atoms with Crippen LogP contribution in [0.3, 0.4) is 0 Å². The third kappa shape index (κ3) is 18.6. The maximum Gasteiger partial charge on any atom is 0.305 e. The highest BCUT2D eigenvalue weighted by molar-refractivity contribution is 7.80. The Kier molecular flexibility index (Phi) is 22.8. The molecule has 24 heteroatoms. The number of hydrogen-bond acceptors (Lipinski definition) is 14. The molecule has 0 rings (SSSR count). The van der Waals surface area contributed by atoms with Crippen LogP contribution in [0.25, 0.3) is 0 Å². The van der Waals surface area contributed by atoms with E-state index in [1.165, 1.54) is 0 Å². The smallest absolute Gasteiger partial charge is 0.305 e. The van der Waals surface area contributed by atoms with Crippen LogP contribution in [-0.4, -0.2) is 141 Å². The highest BCUT2D eigenvalue weighted by Crippen LogP contribution is 2.09. The van der Waals surface area contributed by atoms with Gasteiger partial charge in [0.2, 0.25) is 41.4 Å². The molecule has 22 nitrogen and oxygen atoms in total. The Morgan fingerprint density at radius 1 is 0.630 bits per heavy atom. The van der Waals surface area contributed by atoms with Gasteiger partial charge in [0.1, 0.15) is 36.3 Å². The number of carbonyl (C=O) groups is 8. The standard InChI is InChI=1S/C30H55N11O11S2/c1-12(2)8-17(26(49)39-19(11-54)23(32)46)37-28(51)22(14(4)43)41-27(50)18(9-20(44)45)38-29(52)21(13(3)42)40-25(48)16(6-5-7-35-30(33)34)36-24(47)15(31)10-53/h12-19,21-22,42-43,53-54H,5-11,31H2,1-4H3,(H2,32,46)(H,36,47)(H,37,51)(H,38,52)(H,39,49)(H,40,48)(H,41,50)(H,44,45)(H4,33,34,35)/t13-,14-,15+,16+,17+,18+,19+,21+,22+/m1/s1. The van der Waals surface area contributed by atoms with Gasteiger partial charge in [0.05, 0.1) is 24.7 Å². The van der Waals surface area contributed by atoms with Gasteiger partial charge in [-0.3, -0.25) is 43.3 Å². The van der Waals surface area contributed by atoms with Crippen LogP contribution in [0.15, 0.2) is 4.99 Å². The molecule has 7 amide bonds. The lowest BCUT2D eigenvalue weighted by atomic mass is 10.0. The van der Waals surface area contributed by atoms with Gasteiger partial charge in [-0.05, 0) is 39.0 Å². The minimum Gasteiger partial charge on any atom is -0.481 e. The summed E-state index contributed by atoms with van der Waals surface area (Å²) in [6.07, 6.45) is -4.18. The lowest BCUT2D eigenvalue weighted by Crippen LogP contribution is -2.63. The van der Waals surface area contributed by atoms with Crippen LogP contribution in [0.4, 0.5) is 0 Å². The summed E-state index contributed by atoms with van der Waals surface area (Å²) in [7, 11) is 0. The van der Waals surface area contributed by atoms with E-state index in [0.717, 1.165) is 13.8 Å². The van der Waals surface area contributed by atoms with E-state index < -0.39 is 108 Å². The molecule has 0 aromatic carbocycles. The summed E-state index contributed by atoms with van der Waals surface area (Å²) < 4.78 is 0. The van der Waals surface area contributed by atoms with Crippen molar-refractivity contribution < 1.29 is 53.7 Å². The molecule has 0 saturated carbocycles. The van der Waals surface area contributed by atoms with Crippen LogP contribution < -0.4 is 54.8 Å². The van der Waals surface area contributed by atoms with E-state index in [4.69, 9.17) is 22.9 Å². The molecule has 0 aromatic heterocycles. The molecule has 0 saturated heterocycles. The van der Waals surface area contributed by atoms with E-state index in [-0.39, 0.29) is 49.2 Å². The van der Waals surface area contributed by atoms with Gasteiger partial charge in [0, 0.05) is 18.1 Å². The van der Waals surface area contributed by atoms with Crippen molar-refractivity contribution in [3.05, 3.63) is 0 Å². The summed E-state index contributed by atoms with van der Waals surface area (Å²) in [6, 6.07) is -10.4. The van der Waals surface area contributed by atoms with Crippen molar-refractivity contribution in [2.24, 2.45) is 33.8 Å². The van der Waals surface area contributed by atoms with Gasteiger partial charge in [-0.25, -0.2) is 0 Å². The van der Waals surface area contributed by atoms with Crippen molar-refractivity contribution in [1.82, 2.24) is 31.9 Å². The number of nitrogens with zero attached hydrogens (tertiary/aromatic N) is 1. The minimum absolute atomic E-state index is 0.0447. The first-order valence-electron chi connectivity index (χ1n) is 16.8. The lowest BCUT2D eigenvalue weighted by Gasteiger charge is -2.29. The highest BCUT2D eigenvalue weighted by Gasteiger charge is 2.36. The zero-order valence-corrected chi connectivity index (χ0v) is 32.3. The Hall–Kier alpha value is -4.39. The normalized spacial score (nSPS) is 16.0. The van der Waals surface area contributed by atoms with E-state index in [2.05, 4.69) is 62.2 Å². The predicted molar refractivity (Wildman–Crippen MR) is 201 cm³/mol. The van der Waals surface area contributed by atoms with Crippen molar-refractivity contribution in [3.8, 4) is 0 Å². The summed E-state index contributed by atoms with van der Waals surface area (Å²) in [5.41, 5.74) is 21.6. The fourth-order valence-corrected chi connectivity index (χ4v) is 4.98. The van der Waals surface area contributed by atoms with Crippen molar-refractivity contribution >= 4 is 78.5 Å². The molecule has 17 N–H and O–H groups in total. The molecule has 0 unspecified atom stereocenters. The lowest BCUT2D eigenvalue weighted by molar-refractivity contribution is -0.142. The quantitative estimate of drug-likeness (QED) is 0.0177. The number of hydrogen-bond donors (Lipinski definition) is 15. The number of thiol groups is 2. The number of guanidine groups is 1. The van der Waals surface area contributed by atoms with Crippen LogP contribution in [-0.2, 0) is 38.4 Å². The average molecular weight is 810 g/mol. The number of nitrogens with two attached hydrogens (primary N) is 4. The van der Waals surface area contributed by atoms with Crippen LogP contribution in [0.2, 0.25) is 0 Å². The molecule has 308 valence electrons. The molecule has 54 heavy (non-hydrogen) atoms. The molecule has 0 fully saturated rings. The summed E-state index contributed by atoms with van der Waals surface area (Å²) in [6.45, 7) is 5.76. The van der Waals surface area contributed by atoms with Crippen LogP contribution in [0.1, 0.15) is 53.4 Å². The third-order valence-electron chi connectivity index (χ3n) is 7.43. The molecule has 0 spiro atoms. The Morgan fingerprint density at radius 3 is 1.48 bits per heavy atom. The Bertz CT molecular complexity index is 1350. The zero-order valence-electron chi connectivity index (χ0n) is 30.5. The van der Waals surface area contributed by atoms with Crippen LogP contribution in [0.5, 0.6) is 0 Å². The van der Waals surface area contributed by atoms with E-state index in [9.17, 15) is 53.7 Å². The van der Waals surface area contributed by atoms with Gasteiger partial charge in [-0.1, -0.05) is 13.8 Å². The van der Waals surface area contributed by atoms with Gasteiger partial charge in [-0.2, -0.15) is 25.3 Å². The van der Waals surface area contributed by atoms with Crippen LogP contribution >= 0.6 is 25.3 Å². The number of aliphatic imine (C=N–C) groups is 1. The summed E-state index contributed by atoms with van der Waals surface area (Å²) in [4.78, 5) is 106. The van der Waals surface area contributed by atoms with E-state index >= 15 is 0 Å². The largest absolute Gasteiger partial charge is 0.481 e. The molecule has 9 atom stereocenters. The van der Waals surface area contributed by atoms with Crippen molar-refractivity contribution in [2.75, 3.05) is 18.1 Å². The number of aliphatic carboxylic acids is 1. The SMILES string of the molecule is CC(C)C[C@H](NC(=O)[C@@H](NC(=O)[C@H](CC(=O)O)NC(=O)[C@@H](NC(=O)[C@H](CCCN=C(N)N)NC(=O)[C@@H](N)CS)[C@@H](C)O)[C@@H](C)O)C(=O)N[C@@H](CS)C(N)=O.